The molecule has 1 aliphatic heterocycles. The van der Waals surface area contributed by atoms with Crippen LogP contribution < -0.4 is 5.32 Å². The monoisotopic (exact) mass is 214 g/mol. The molecule has 2 N–H and O–H groups in total. The highest BCUT2D eigenvalue weighted by Crippen LogP contribution is 2.32. The van der Waals surface area contributed by atoms with Crippen LogP contribution in [0.25, 0.3) is 0 Å². The number of nitrogens with one attached hydrogen (secondary N) is 1. The molecule has 1 amide bonds. The van der Waals surface area contributed by atoms with Gasteiger partial charge in [0.25, 0.3) is 0 Å². The largest absolute Gasteiger partial charge is 0.465 e. The van der Waals surface area contributed by atoms with Gasteiger partial charge in [-0.15, -0.1) is 0 Å². The fourth-order valence-electron chi connectivity index (χ4n) is 2.58. The molecule has 1 rings (SSSR count). The molecule has 1 heterocycles. The van der Waals surface area contributed by atoms with E-state index in [0.717, 1.165) is 12.8 Å². The summed E-state index contributed by atoms with van der Waals surface area (Å²) in [7, 11) is 1.91. The van der Waals surface area contributed by atoms with Gasteiger partial charge in [0.15, 0.2) is 0 Å². The standard InChI is InChI=1S/C11H22N2O2/c1-11(2,3)9-8(12-4)6-5-7-13(9)10(14)15/h8-9,12H,5-7H2,1-4H3,(H,14,15). The Labute approximate surface area is 91.6 Å². The van der Waals surface area contributed by atoms with Crippen molar-refractivity contribution in [3.63, 3.8) is 0 Å². The van der Waals surface area contributed by atoms with E-state index in [9.17, 15) is 9.90 Å². The summed E-state index contributed by atoms with van der Waals surface area (Å²) in [5.74, 6) is 0. The first kappa shape index (κ1) is 12.3. The minimum absolute atomic E-state index is 0.0213. The SMILES string of the molecule is CNC1CCCN(C(=O)O)C1C(C)(C)C. The Morgan fingerprint density at radius 1 is 1.47 bits per heavy atom. The van der Waals surface area contributed by atoms with E-state index >= 15 is 0 Å². The lowest BCUT2D eigenvalue weighted by atomic mass is 9.78. The third-order valence-electron chi connectivity index (χ3n) is 3.13. The van der Waals surface area contributed by atoms with Gasteiger partial charge in [0.05, 0.1) is 6.04 Å². The van der Waals surface area contributed by atoms with Crippen molar-refractivity contribution < 1.29 is 9.90 Å². The molecule has 1 saturated heterocycles. The van der Waals surface area contributed by atoms with Gasteiger partial charge in [-0.05, 0) is 25.3 Å². The normalized spacial score (nSPS) is 27.9. The van der Waals surface area contributed by atoms with E-state index in [1.165, 1.54) is 0 Å². The van der Waals surface area contributed by atoms with Crippen LogP contribution in [0.2, 0.25) is 0 Å². The van der Waals surface area contributed by atoms with Crippen LogP contribution in [-0.4, -0.2) is 41.8 Å². The molecule has 88 valence electrons. The second kappa shape index (κ2) is 4.39. The molecule has 1 aliphatic rings. The van der Waals surface area contributed by atoms with E-state index in [-0.39, 0.29) is 17.5 Å². The van der Waals surface area contributed by atoms with Crippen LogP contribution in [0.4, 0.5) is 4.79 Å². The van der Waals surface area contributed by atoms with Crippen LogP contribution in [0, 0.1) is 5.41 Å². The summed E-state index contributed by atoms with van der Waals surface area (Å²) in [4.78, 5) is 12.8. The minimum atomic E-state index is -0.796. The van der Waals surface area contributed by atoms with Gasteiger partial charge >= 0.3 is 6.09 Å². The summed E-state index contributed by atoms with van der Waals surface area (Å²) in [6, 6.07) is 0.337. The van der Waals surface area contributed by atoms with Gasteiger partial charge in [0.1, 0.15) is 0 Å². The molecule has 4 heteroatoms. The lowest BCUT2D eigenvalue weighted by Gasteiger charge is -2.46. The number of hydrogen-bond donors (Lipinski definition) is 2. The first-order valence-electron chi connectivity index (χ1n) is 5.54. The highest BCUT2D eigenvalue weighted by Gasteiger charge is 2.40. The number of piperidine rings is 1. The van der Waals surface area contributed by atoms with Gasteiger partial charge in [0, 0.05) is 12.6 Å². The zero-order valence-electron chi connectivity index (χ0n) is 10.1. The number of rotatable bonds is 1. The summed E-state index contributed by atoms with van der Waals surface area (Å²) in [5, 5.41) is 12.4. The van der Waals surface area contributed by atoms with Crippen molar-refractivity contribution in [2.24, 2.45) is 5.41 Å². The van der Waals surface area contributed by atoms with Crippen molar-refractivity contribution in [2.45, 2.75) is 45.7 Å². The summed E-state index contributed by atoms with van der Waals surface area (Å²) >= 11 is 0. The fraction of sp³-hybridized carbons (Fsp3) is 0.909. The van der Waals surface area contributed by atoms with E-state index in [2.05, 4.69) is 26.1 Å². The first-order chi connectivity index (χ1) is 6.88. The number of nitrogens with zero attached hydrogens (tertiary/aromatic N) is 1. The average Bonchev–Trinajstić information content (AvgIpc) is 2.15. The molecule has 1 fully saturated rings. The van der Waals surface area contributed by atoms with Crippen LogP contribution in [0.15, 0.2) is 0 Å². The van der Waals surface area contributed by atoms with Gasteiger partial charge in [-0.1, -0.05) is 20.8 Å². The van der Waals surface area contributed by atoms with Crippen LogP contribution in [0.5, 0.6) is 0 Å². The summed E-state index contributed by atoms with van der Waals surface area (Å²) in [6.07, 6.45) is 1.21. The lowest BCUT2D eigenvalue weighted by molar-refractivity contribution is 0.0397. The molecule has 2 unspecified atom stereocenters. The molecular weight excluding hydrogens is 192 g/mol. The van der Waals surface area contributed by atoms with Crippen molar-refractivity contribution in [1.82, 2.24) is 10.2 Å². The van der Waals surface area contributed by atoms with Crippen molar-refractivity contribution >= 4 is 6.09 Å². The predicted octanol–water partition coefficient (Wildman–Crippen LogP) is 1.76. The third-order valence-corrected chi connectivity index (χ3v) is 3.13. The van der Waals surface area contributed by atoms with Gasteiger partial charge in [-0.25, -0.2) is 4.79 Å². The topological polar surface area (TPSA) is 52.6 Å². The Kier molecular flexibility index (Phi) is 3.60. The molecule has 2 atom stereocenters. The average molecular weight is 214 g/mol. The van der Waals surface area contributed by atoms with E-state index in [1.807, 2.05) is 7.05 Å². The highest BCUT2D eigenvalue weighted by atomic mass is 16.4. The molecule has 0 saturated carbocycles. The first-order valence-corrected chi connectivity index (χ1v) is 5.54. The Morgan fingerprint density at radius 2 is 2.07 bits per heavy atom. The Bertz CT molecular complexity index is 235. The van der Waals surface area contributed by atoms with E-state index in [4.69, 9.17) is 0 Å². The van der Waals surface area contributed by atoms with Gasteiger partial charge < -0.3 is 15.3 Å². The molecule has 4 nitrogen and oxygen atoms in total. The van der Waals surface area contributed by atoms with Gasteiger partial charge in [0.2, 0.25) is 0 Å². The zero-order chi connectivity index (χ0) is 11.6. The molecular formula is C11H22N2O2. The molecule has 0 bridgehead atoms. The molecule has 0 aliphatic carbocycles. The second-order valence-electron chi connectivity index (χ2n) is 5.32. The number of likely N-dealkylation sites (N-methyl/N-ethyl adjacent to an activating group) is 1. The van der Waals surface area contributed by atoms with Crippen molar-refractivity contribution in [1.29, 1.82) is 0 Å². The Balaban J connectivity index is 2.91. The number of carboxylic acid groups (broad SMARTS) is 1. The Hall–Kier alpha value is -0.770. The molecule has 15 heavy (non-hydrogen) atoms. The third kappa shape index (κ3) is 2.62. The molecule has 0 spiro atoms. The number of carbonyl (C=O) groups is 1. The van der Waals surface area contributed by atoms with Crippen LogP contribution in [0.1, 0.15) is 33.6 Å². The van der Waals surface area contributed by atoms with Gasteiger partial charge in [-0.3, -0.25) is 0 Å². The fourth-order valence-corrected chi connectivity index (χ4v) is 2.58. The van der Waals surface area contributed by atoms with E-state index in [1.54, 1.807) is 4.90 Å². The summed E-state index contributed by atoms with van der Waals surface area (Å²) in [6.45, 7) is 6.96. The van der Waals surface area contributed by atoms with Crippen LogP contribution >= 0.6 is 0 Å². The van der Waals surface area contributed by atoms with E-state index in [0.29, 0.717) is 6.54 Å². The molecule has 0 aromatic heterocycles. The summed E-state index contributed by atoms with van der Waals surface area (Å²) < 4.78 is 0. The lowest BCUT2D eigenvalue weighted by Crippen LogP contribution is -2.60. The van der Waals surface area contributed by atoms with Crippen LogP contribution in [0.3, 0.4) is 0 Å². The van der Waals surface area contributed by atoms with Gasteiger partial charge in [-0.2, -0.15) is 0 Å². The number of likely N-dealkylation sites (tertiary alicyclic amines) is 1. The van der Waals surface area contributed by atoms with Crippen molar-refractivity contribution in [3.05, 3.63) is 0 Å². The second-order valence-corrected chi connectivity index (χ2v) is 5.32. The maximum atomic E-state index is 11.2. The molecule has 0 radical (unpaired) electrons. The quantitative estimate of drug-likeness (QED) is 0.699. The van der Waals surface area contributed by atoms with E-state index < -0.39 is 6.09 Å². The molecule has 0 aromatic carbocycles. The highest BCUT2D eigenvalue weighted by molar-refractivity contribution is 5.65. The zero-order valence-corrected chi connectivity index (χ0v) is 10.1. The van der Waals surface area contributed by atoms with Crippen molar-refractivity contribution in [2.75, 3.05) is 13.6 Å². The van der Waals surface area contributed by atoms with Crippen LogP contribution in [-0.2, 0) is 0 Å². The maximum absolute atomic E-state index is 11.2. The number of hydrogen-bond acceptors (Lipinski definition) is 2. The maximum Gasteiger partial charge on any atom is 0.407 e. The van der Waals surface area contributed by atoms with Crippen molar-refractivity contribution in [3.8, 4) is 0 Å². The minimum Gasteiger partial charge on any atom is -0.465 e. The molecule has 0 aromatic rings. The predicted molar refractivity (Wildman–Crippen MR) is 60.1 cm³/mol. The smallest absolute Gasteiger partial charge is 0.407 e. The Morgan fingerprint density at radius 3 is 2.47 bits per heavy atom. The summed E-state index contributed by atoms with van der Waals surface area (Å²) in [5.41, 5.74) is -0.0213. The number of amides is 1.